The van der Waals surface area contributed by atoms with Gasteiger partial charge in [0, 0.05) is 6.92 Å². The van der Waals surface area contributed by atoms with Crippen LogP contribution in [-0.2, 0) is 4.79 Å². The lowest BCUT2D eigenvalue weighted by Crippen LogP contribution is -1.96. The maximum absolute atomic E-state index is 10.3. The summed E-state index contributed by atoms with van der Waals surface area (Å²) in [5.74, 6) is 3.56. The maximum Gasteiger partial charge on any atom is 0.310 e. The summed E-state index contributed by atoms with van der Waals surface area (Å²) in [6.45, 7) is 1.42. The Morgan fingerprint density at radius 1 is 1.44 bits per heavy atom. The monoisotopic (exact) mass is 142 g/mol. The van der Waals surface area contributed by atoms with Gasteiger partial charge in [-0.2, -0.15) is 0 Å². The van der Waals surface area contributed by atoms with Crippen LogP contribution >= 0.6 is 7.76 Å². The fourth-order valence-corrected chi connectivity index (χ4v) is 1.58. The number of rotatable bonds is 1. The molecule has 0 unspecified atom stereocenters. The Labute approximate surface area is 54.6 Å². The van der Waals surface area contributed by atoms with Crippen LogP contribution in [0, 0.1) is 0 Å². The van der Waals surface area contributed by atoms with Gasteiger partial charge in [0.05, 0.1) is 7.76 Å². The molecule has 0 aliphatic heterocycles. The van der Waals surface area contributed by atoms with Gasteiger partial charge in [0.2, 0.25) is 0 Å². The van der Waals surface area contributed by atoms with Crippen molar-refractivity contribution < 1.29 is 9.32 Å². The van der Waals surface area contributed by atoms with Gasteiger partial charge in [-0.3, -0.25) is 4.79 Å². The first kappa shape index (κ1) is 6.37. The van der Waals surface area contributed by atoms with E-state index in [1.54, 1.807) is 0 Å². The van der Waals surface area contributed by atoms with Gasteiger partial charge in [-0.15, -0.1) is 0 Å². The van der Waals surface area contributed by atoms with E-state index in [-0.39, 0.29) is 5.97 Å². The molecule has 0 saturated carbocycles. The van der Waals surface area contributed by atoms with Crippen LogP contribution in [0.5, 0.6) is 0 Å². The first-order valence-electron chi connectivity index (χ1n) is 2.61. The molecular formula is C6H7O2P. The topological polar surface area (TPSA) is 26.3 Å². The van der Waals surface area contributed by atoms with Crippen LogP contribution in [0.1, 0.15) is 6.92 Å². The standard InChI is InChI=1S/C6H7O2P/c1-6(7)8-9-4-2-3-5-9/h2-5H,1H3. The second-order valence-corrected chi connectivity index (χ2v) is 3.12. The minimum atomic E-state index is -0.695. The lowest BCUT2D eigenvalue weighted by atomic mass is 10.7. The summed E-state index contributed by atoms with van der Waals surface area (Å²) in [5, 5.41) is 0. The van der Waals surface area contributed by atoms with Crippen molar-refractivity contribution >= 4 is 13.7 Å². The quantitative estimate of drug-likeness (QED) is 0.595. The maximum atomic E-state index is 10.3. The fraction of sp³-hybridized carbons (Fsp3) is 0.167. The Kier molecular flexibility index (Phi) is 1.91. The molecule has 3 heteroatoms. The molecule has 0 aliphatic carbocycles. The average Bonchev–Trinajstić information content (AvgIpc) is 2.15. The molecule has 0 N–H and O–H groups in total. The van der Waals surface area contributed by atoms with E-state index in [1.807, 2.05) is 23.7 Å². The molecule has 0 bridgehead atoms. The third kappa shape index (κ3) is 1.90. The molecule has 0 spiro atoms. The Morgan fingerprint density at radius 3 is 2.44 bits per heavy atom. The highest BCUT2D eigenvalue weighted by molar-refractivity contribution is 7.44. The van der Waals surface area contributed by atoms with Crippen molar-refractivity contribution in [1.29, 1.82) is 0 Å². The van der Waals surface area contributed by atoms with Crippen LogP contribution in [0.4, 0.5) is 0 Å². The molecular weight excluding hydrogens is 135 g/mol. The van der Waals surface area contributed by atoms with Crippen LogP contribution in [0.15, 0.2) is 23.7 Å². The number of hydrogen-bond donors (Lipinski definition) is 0. The summed E-state index contributed by atoms with van der Waals surface area (Å²) in [6.07, 6.45) is 0. The Hall–Kier alpha value is -0.750. The third-order valence-electron chi connectivity index (χ3n) is 0.811. The van der Waals surface area contributed by atoms with Gasteiger partial charge in [0.15, 0.2) is 0 Å². The van der Waals surface area contributed by atoms with E-state index in [0.717, 1.165) is 0 Å². The van der Waals surface area contributed by atoms with Gasteiger partial charge < -0.3 is 4.52 Å². The van der Waals surface area contributed by atoms with Gasteiger partial charge >= 0.3 is 5.97 Å². The lowest BCUT2D eigenvalue weighted by molar-refractivity contribution is -0.128. The van der Waals surface area contributed by atoms with Crippen LogP contribution < -0.4 is 4.52 Å². The Morgan fingerprint density at radius 2 is 2.00 bits per heavy atom. The number of hydrogen-bond acceptors (Lipinski definition) is 2. The van der Waals surface area contributed by atoms with Crippen LogP contribution in [0.25, 0.3) is 0 Å². The first-order chi connectivity index (χ1) is 4.29. The van der Waals surface area contributed by atoms with Crippen molar-refractivity contribution in [2.75, 3.05) is 0 Å². The molecule has 2 nitrogen and oxygen atoms in total. The molecule has 0 atom stereocenters. The molecule has 1 aromatic rings. The normalized spacial score (nSPS) is 9.00. The van der Waals surface area contributed by atoms with Crippen molar-refractivity contribution in [3.63, 3.8) is 0 Å². The van der Waals surface area contributed by atoms with E-state index in [4.69, 9.17) is 4.52 Å². The lowest BCUT2D eigenvalue weighted by Gasteiger charge is -1.93. The molecule has 0 amide bonds. The molecule has 0 aromatic carbocycles. The minimum absolute atomic E-state index is 0.211. The molecule has 1 heterocycles. The Bertz CT molecular complexity index is 191. The largest absolute Gasteiger partial charge is 0.415 e. The van der Waals surface area contributed by atoms with Crippen molar-refractivity contribution in [1.82, 2.24) is 0 Å². The van der Waals surface area contributed by atoms with Crippen molar-refractivity contribution in [3.8, 4) is 0 Å². The van der Waals surface area contributed by atoms with Crippen LogP contribution in [0.3, 0.4) is 0 Å². The second kappa shape index (κ2) is 2.70. The van der Waals surface area contributed by atoms with E-state index in [9.17, 15) is 4.79 Å². The van der Waals surface area contributed by atoms with E-state index in [1.165, 1.54) is 6.92 Å². The number of carbonyl (C=O) groups is 1. The number of carbonyl (C=O) groups excluding carboxylic acids is 1. The van der Waals surface area contributed by atoms with E-state index in [0.29, 0.717) is 0 Å². The predicted molar refractivity (Wildman–Crippen MR) is 36.4 cm³/mol. The summed E-state index contributed by atoms with van der Waals surface area (Å²) < 4.78 is 4.86. The zero-order valence-corrected chi connectivity index (χ0v) is 5.97. The van der Waals surface area contributed by atoms with Crippen LogP contribution in [-0.4, -0.2) is 5.97 Å². The molecule has 48 valence electrons. The van der Waals surface area contributed by atoms with E-state index >= 15 is 0 Å². The van der Waals surface area contributed by atoms with Gasteiger partial charge in [-0.1, -0.05) is 12.1 Å². The van der Waals surface area contributed by atoms with Gasteiger partial charge in [0.25, 0.3) is 0 Å². The molecule has 1 aromatic heterocycles. The predicted octanol–water partition coefficient (Wildman–Crippen LogP) is 1.65. The third-order valence-corrected chi connectivity index (χ3v) is 2.21. The van der Waals surface area contributed by atoms with E-state index in [2.05, 4.69) is 0 Å². The summed E-state index contributed by atoms with van der Waals surface area (Å²) in [7, 11) is -0.695. The smallest absolute Gasteiger partial charge is 0.310 e. The zero-order chi connectivity index (χ0) is 6.69. The molecule has 0 saturated heterocycles. The zero-order valence-electron chi connectivity index (χ0n) is 5.07. The second-order valence-electron chi connectivity index (χ2n) is 1.63. The summed E-state index contributed by atoms with van der Waals surface area (Å²) in [6, 6.07) is 3.77. The molecule has 0 aliphatic rings. The Balaban J connectivity index is 2.58. The van der Waals surface area contributed by atoms with Crippen molar-refractivity contribution in [2.45, 2.75) is 6.92 Å². The summed E-state index contributed by atoms with van der Waals surface area (Å²) in [4.78, 5) is 10.3. The van der Waals surface area contributed by atoms with Gasteiger partial charge in [-0.05, 0) is 11.6 Å². The summed E-state index contributed by atoms with van der Waals surface area (Å²) >= 11 is 0. The van der Waals surface area contributed by atoms with E-state index < -0.39 is 7.76 Å². The van der Waals surface area contributed by atoms with Gasteiger partial charge in [0.1, 0.15) is 0 Å². The SMILES string of the molecule is CC(=O)Op1cccc1. The highest BCUT2D eigenvalue weighted by Crippen LogP contribution is 2.22. The minimum Gasteiger partial charge on any atom is -0.415 e. The molecule has 0 radical (unpaired) electrons. The fourth-order valence-electron chi connectivity index (χ4n) is 0.528. The summed E-state index contributed by atoms with van der Waals surface area (Å²) in [5.41, 5.74) is 0. The highest BCUT2D eigenvalue weighted by atomic mass is 31.1. The first-order valence-corrected chi connectivity index (χ1v) is 4.01. The average molecular weight is 142 g/mol. The van der Waals surface area contributed by atoms with Gasteiger partial charge in [-0.25, -0.2) is 0 Å². The highest BCUT2D eigenvalue weighted by Gasteiger charge is 1.93. The molecule has 9 heavy (non-hydrogen) atoms. The molecule has 0 fully saturated rings. The van der Waals surface area contributed by atoms with Crippen molar-refractivity contribution in [2.24, 2.45) is 0 Å². The van der Waals surface area contributed by atoms with Crippen molar-refractivity contribution in [3.05, 3.63) is 23.7 Å². The van der Waals surface area contributed by atoms with Crippen LogP contribution in [0.2, 0.25) is 0 Å². The molecule has 1 rings (SSSR count).